The molecule has 0 aliphatic carbocycles. The molecule has 0 spiro atoms. The molecule has 0 aromatic heterocycles. The van der Waals surface area contributed by atoms with Crippen molar-refractivity contribution in [2.45, 2.75) is 38.8 Å². The second-order valence-corrected chi connectivity index (χ2v) is 4.79. The highest BCUT2D eigenvalue weighted by Crippen LogP contribution is 2.20. The lowest BCUT2D eigenvalue weighted by atomic mass is 9.95. The zero-order valence-electron chi connectivity index (χ0n) is 11.5. The molecule has 108 valence electrons. The van der Waals surface area contributed by atoms with E-state index in [9.17, 15) is 19.7 Å². The summed E-state index contributed by atoms with van der Waals surface area (Å²) in [6.07, 6.45) is -0.194. The molecule has 0 amide bonds. The number of carbonyl (C=O) groups is 2. The second-order valence-electron chi connectivity index (χ2n) is 4.79. The lowest BCUT2D eigenvalue weighted by Gasteiger charge is -2.18. The first-order valence-electron chi connectivity index (χ1n) is 6.21. The molecular weight excluding hydrogens is 262 g/mol. The fraction of sp³-hybridized carbons (Fsp3) is 0.429. The normalized spacial score (nSPS) is 13.3. The fourth-order valence-electron chi connectivity index (χ4n) is 1.57. The monoisotopic (exact) mass is 279 g/mol. The minimum atomic E-state index is -1.89. The molecule has 1 rings (SSSR count). The molecule has 0 bridgehead atoms. The number of esters is 1. The van der Waals surface area contributed by atoms with E-state index in [1.165, 1.54) is 13.8 Å². The van der Waals surface area contributed by atoms with Crippen LogP contribution < -0.4 is 0 Å². The summed E-state index contributed by atoms with van der Waals surface area (Å²) < 4.78 is 4.99. The van der Waals surface area contributed by atoms with Crippen LogP contribution in [0.4, 0.5) is 0 Å². The smallest absolute Gasteiger partial charge is 0.384 e. The summed E-state index contributed by atoms with van der Waals surface area (Å²) in [6, 6.07) is 8.90. The molecule has 0 unspecified atom stereocenters. The van der Waals surface area contributed by atoms with E-state index >= 15 is 0 Å². The summed E-state index contributed by atoms with van der Waals surface area (Å²) in [4.78, 5) is 33.2. The average Bonchev–Trinajstić information content (AvgIpc) is 2.42. The molecule has 0 fully saturated rings. The van der Waals surface area contributed by atoms with E-state index in [1.54, 1.807) is 24.3 Å². The largest absolute Gasteiger partial charge is 0.456 e. The number of Topliss-reactive ketones (excluding diaryl/α,β-unsaturated/α-hetero) is 1. The number of benzene rings is 1. The number of ether oxygens (including phenoxy) is 1. The fourth-order valence-corrected chi connectivity index (χ4v) is 1.57. The van der Waals surface area contributed by atoms with E-state index in [0.717, 1.165) is 5.56 Å². The Bertz CT molecular complexity index is 500. The molecule has 0 heterocycles. The Morgan fingerprint density at radius 2 is 1.90 bits per heavy atom. The number of carbonyl (C=O) groups excluding carboxylic acids is 2. The van der Waals surface area contributed by atoms with Crippen LogP contribution in [0.15, 0.2) is 30.3 Å². The second kappa shape index (κ2) is 6.79. The SMILES string of the molecule is CC(=O)CC[C@@](C)(C(=O)OCc1ccccc1)[N+](=O)[O-]. The van der Waals surface area contributed by atoms with E-state index in [-0.39, 0.29) is 25.2 Å². The topological polar surface area (TPSA) is 86.5 Å². The van der Waals surface area contributed by atoms with Crippen molar-refractivity contribution in [2.75, 3.05) is 0 Å². The van der Waals surface area contributed by atoms with Crippen LogP contribution in [0, 0.1) is 10.1 Å². The summed E-state index contributed by atoms with van der Waals surface area (Å²) in [7, 11) is 0. The maximum atomic E-state index is 11.9. The van der Waals surface area contributed by atoms with Gasteiger partial charge in [0.05, 0.1) is 0 Å². The van der Waals surface area contributed by atoms with E-state index in [1.807, 2.05) is 6.07 Å². The predicted octanol–water partition coefficient (Wildman–Crippen LogP) is 2.13. The van der Waals surface area contributed by atoms with Gasteiger partial charge in [-0.2, -0.15) is 0 Å². The lowest BCUT2D eigenvalue weighted by Crippen LogP contribution is -2.45. The summed E-state index contributed by atoms with van der Waals surface area (Å²) in [6.45, 7) is 2.49. The van der Waals surface area contributed by atoms with Crippen LogP contribution in [-0.2, 0) is 20.9 Å². The number of hydrogen-bond acceptors (Lipinski definition) is 5. The predicted molar refractivity (Wildman–Crippen MR) is 71.6 cm³/mol. The van der Waals surface area contributed by atoms with E-state index in [4.69, 9.17) is 4.74 Å². The van der Waals surface area contributed by atoms with Gasteiger partial charge >= 0.3 is 11.5 Å². The number of nitrogens with zero attached hydrogens (tertiary/aromatic N) is 1. The third kappa shape index (κ3) is 4.15. The Balaban J connectivity index is 2.69. The number of nitro groups is 1. The molecular formula is C14H17NO5. The number of ketones is 1. The summed E-state index contributed by atoms with van der Waals surface area (Å²) in [5.41, 5.74) is -1.14. The summed E-state index contributed by atoms with van der Waals surface area (Å²) in [5.74, 6) is -1.12. The molecule has 1 aromatic carbocycles. The zero-order chi connectivity index (χ0) is 15.2. The Labute approximate surface area is 116 Å². The van der Waals surface area contributed by atoms with Crippen LogP contribution >= 0.6 is 0 Å². The zero-order valence-corrected chi connectivity index (χ0v) is 11.5. The first kappa shape index (κ1) is 15.8. The Kier molecular flexibility index (Phi) is 5.37. The first-order valence-corrected chi connectivity index (χ1v) is 6.21. The molecule has 0 aliphatic heterocycles. The van der Waals surface area contributed by atoms with Crippen molar-refractivity contribution < 1.29 is 19.2 Å². The van der Waals surface area contributed by atoms with Gasteiger partial charge in [0.2, 0.25) is 0 Å². The van der Waals surface area contributed by atoms with Crippen molar-refractivity contribution in [1.29, 1.82) is 0 Å². The quantitative estimate of drug-likeness (QED) is 0.433. The van der Waals surface area contributed by atoms with Gasteiger partial charge < -0.3 is 9.53 Å². The van der Waals surface area contributed by atoms with Gasteiger partial charge in [-0.05, 0) is 12.5 Å². The van der Waals surface area contributed by atoms with Gasteiger partial charge in [0, 0.05) is 24.7 Å². The molecule has 0 aliphatic rings. The van der Waals surface area contributed by atoms with Crippen molar-refractivity contribution in [3.8, 4) is 0 Å². The van der Waals surface area contributed by atoms with Gasteiger partial charge in [-0.25, -0.2) is 4.79 Å². The van der Waals surface area contributed by atoms with Crippen LogP contribution in [0.25, 0.3) is 0 Å². The molecule has 0 saturated heterocycles. The minimum Gasteiger partial charge on any atom is -0.456 e. The highest BCUT2D eigenvalue weighted by molar-refractivity contribution is 5.81. The molecule has 1 atom stereocenters. The highest BCUT2D eigenvalue weighted by Gasteiger charge is 2.47. The van der Waals surface area contributed by atoms with Crippen molar-refractivity contribution in [2.24, 2.45) is 0 Å². The number of rotatable bonds is 7. The lowest BCUT2D eigenvalue weighted by molar-refractivity contribution is -0.551. The maximum Gasteiger partial charge on any atom is 0.384 e. The van der Waals surface area contributed by atoms with E-state index < -0.39 is 16.4 Å². The molecule has 6 heteroatoms. The molecule has 1 aromatic rings. The van der Waals surface area contributed by atoms with Gasteiger partial charge in [0.25, 0.3) is 0 Å². The Morgan fingerprint density at radius 3 is 2.40 bits per heavy atom. The van der Waals surface area contributed by atoms with Crippen molar-refractivity contribution >= 4 is 11.8 Å². The Morgan fingerprint density at radius 1 is 1.30 bits per heavy atom. The standard InChI is InChI=1S/C14H17NO5/c1-11(16)8-9-14(2,15(18)19)13(17)20-10-12-6-4-3-5-7-12/h3-7H,8-10H2,1-2H3/t14-/m0/s1. The third-order valence-corrected chi connectivity index (χ3v) is 3.02. The van der Waals surface area contributed by atoms with E-state index in [2.05, 4.69) is 0 Å². The maximum absolute atomic E-state index is 11.9. The molecule has 0 saturated carbocycles. The summed E-state index contributed by atoms with van der Waals surface area (Å²) >= 11 is 0. The van der Waals surface area contributed by atoms with Gasteiger partial charge in [0.1, 0.15) is 12.4 Å². The van der Waals surface area contributed by atoms with Crippen LogP contribution in [0.1, 0.15) is 32.3 Å². The van der Waals surface area contributed by atoms with Gasteiger partial charge in [-0.15, -0.1) is 0 Å². The van der Waals surface area contributed by atoms with Gasteiger partial charge in [-0.1, -0.05) is 30.3 Å². The molecule has 6 nitrogen and oxygen atoms in total. The third-order valence-electron chi connectivity index (χ3n) is 3.02. The van der Waals surface area contributed by atoms with Crippen LogP contribution in [-0.4, -0.2) is 22.2 Å². The molecule has 0 N–H and O–H groups in total. The average molecular weight is 279 g/mol. The first-order chi connectivity index (χ1) is 9.36. The van der Waals surface area contributed by atoms with Crippen LogP contribution in [0.5, 0.6) is 0 Å². The van der Waals surface area contributed by atoms with Crippen LogP contribution in [0.3, 0.4) is 0 Å². The molecule has 0 radical (unpaired) electrons. The van der Waals surface area contributed by atoms with Gasteiger partial charge in [0.15, 0.2) is 0 Å². The minimum absolute atomic E-state index is 0.0246. The number of hydrogen-bond donors (Lipinski definition) is 0. The Hall–Kier alpha value is -2.24. The van der Waals surface area contributed by atoms with Crippen molar-refractivity contribution in [1.82, 2.24) is 0 Å². The van der Waals surface area contributed by atoms with Gasteiger partial charge in [-0.3, -0.25) is 10.1 Å². The molecule has 20 heavy (non-hydrogen) atoms. The summed E-state index contributed by atoms with van der Waals surface area (Å²) in [5, 5.41) is 11.1. The van der Waals surface area contributed by atoms with E-state index in [0.29, 0.717) is 0 Å². The van der Waals surface area contributed by atoms with Crippen LogP contribution in [0.2, 0.25) is 0 Å². The highest BCUT2D eigenvalue weighted by atomic mass is 16.6. The van der Waals surface area contributed by atoms with Crippen molar-refractivity contribution in [3.05, 3.63) is 46.0 Å². The van der Waals surface area contributed by atoms with Crippen molar-refractivity contribution in [3.63, 3.8) is 0 Å².